The van der Waals surface area contributed by atoms with Crippen molar-refractivity contribution in [2.24, 2.45) is 4.99 Å². The minimum absolute atomic E-state index is 0.0321. The van der Waals surface area contributed by atoms with E-state index in [2.05, 4.69) is 10.3 Å². The minimum atomic E-state index is -0.550. The molecule has 1 atom stereocenters. The largest absolute Gasteiger partial charge is 0.494 e. The summed E-state index contributed by atoms with van der Waals surface area (Å²) in [5.41, 5.74) is 1.19. The molecule has 2 aromatic carbocycles. The van der Waals surface area contributed by atoms with E-state index in [9.17, 15) is 14.0 Å². The van der Waals surface area contributed by atoms with Crippen LogP contribution < -0.4 is 10.1 Å². The highest BCUT2D eigenvalue weighted by Crippen LogP contribution is 2.31. The molecule has 0 spiro atoms. The Labute approximate surface area is 173 Å². The summed E-state index contributed by atoms with van der Waals surface area (Å²) in [4.78, 5) is 30.6. The highest BCUT2D eigenvalue weighted by molar-refractivity contribution is 8.15. The summed E-state index contributed by atoms with van der Waals surface area (Å²) in [7, 11) is 1.62. The zero-order valence-corrected chi connectivity index (χ0v) is 17.0. The number of thioether (sulfide) groups is 1. The number of aliphatic imine (C=N–C) groups is 1. The smallest absolute Gasteiger partial charge is 0.242 e. The van der Waals surface area contributed by atoms with E-state index in [0.29, 0.717) is 23.1 Å². The van der Waals surface area contributed by atoms with Gasteiger partial charge in [-0.15, -0.1) is 0 Å². The van der Waals surface area contributed by atoms with Crippen LogP contribution in [0.15, 0.2) is 53.5 Å². The van der Waals surface area contributed by atoms with Crippen LogP contribution in [0.1, 0.15) is 19.8 Å². The van der Waals surface area contributed by atoms with Crippen LogP contribution >= 0.6 is 11.8 Å². The number of amides is 2. The zero-order chi connectivity index (χ0) is 20.8. The molecule has 6 nitrogen and oxygen atoms in total. The van der Waals surface area contributed by atoms with Crippen molar-refractivity contribution in [3.63, 3.8) is 0 Å². The topological polar surface area (TPSA) is 71.0 Å². The Kier molecular flexibility index (Phi) is 6.87. The van der Waals surface area contributed by atoms with Crippen molar-refractivity contribution in [1.82, 2.24) is 4.90 Å². The first-order valence-corrected chi connectivity index (χ1v) is 10.2. The highest BCUT2D eigenvalue weighted by Gasteiger charge is 2.37. The SMILES string of the molecule is CCCOc1ccc(NC(=O)C[C@@H]2SC(=Nc3ccc(F)cc3)N(C)C2=O)cc1. The van der Waals surface area contributed by atoms with Gasteiger partial charge >= 0.3 is 0 Å². The molecule has 0 saturated carbocycles. The fourth-order valence-corrected chi connectivity index (χ4v) is 3.81. The maximum absolute atomic E-state index is 13.0. The number of carbonyl (C=O) groups excluding carboxylic acids is 2. The summed E-state index contributed by atoms with van der Waals surface area (Å²) in [6, 6.07) is 12.8. The summed E-state index contributed by atoms with van der Waals surface area (Å²) in [5, 5.41) is 2.73. The van der Waals surface area contributed by atoms with E-state index in [1.807, 2.05) is 6.92 Å². The summed E-state index contributed by atoms with van der Waals surface area (Å²) in [6.07, 6.45) is 0.955. The zero-order valence-electron chi connectivity index (χ0n) is 16.2. The van der Waals surface area contributed by atoms with Crippen LogP contribution in [-0.2, 0) is 9.59 Å². The van der Waals surface area contributed by atoms with E-state index < -0.39 is 5.25 Å². The van der Waals surface area contributed by atoms with Crippen molar-refractivity contribution in [3.05, 3.63) is 54.3 Å². The number of nitrogens with one attached hydrogen (secondary N) is 1. The van der Waals surface area contributed by atoms with Gasteiger partial charge in [0.15, 0.2) is 5.17 Å². The molecule has 2 aromatic rings. The second kappa shape index (κ2) is 9.56. The highest BCUT2D eigenvalue weighted by atomic mass is 32.2. The van der Waals surface area contributed by atoms with Crippen molar-refractivity contribution in [2.75, 3.05) is 19.0 Å². The molecular weight excluding hydrogens is 393 g/mol. The van der Waals surface area contributed by atoms with Crippen LogP contribution in [0.5, 0.6) is 5.75 Å². The number of benzene rings is 2. The maximum atomic E-state index is 13.0. The molecule has 1 aliphatic rings. The molecule has 0 radical (unpaired) electrons. The Morgan fingerprint density at radius 3 is 2.55 bits per heavy atom. The van der Waals surface area contributed by atoms with Crippen molar-refractivity contribution >= 4 is 40.1 Å². The number of nitrogens with zero attached hydrogens (tertiary/aromatic N) is 2. The second-order valence-corrected chi connectivity index (χ2v) is 7.67. The number of hydrogen-bond acceptors (Lipinski definition) is 5. The molecule has 0 aliphatic carbocycles. The predicted octanol–water partition coefficient (Wildman–Crippen LogP) is 4.20. The van der Waals surface area contributed by atoms with E-state index >= 15 is 0 Å². The molecule has 3 rings (SSSR count). The number of halogens is 1. The van der Waals surface area contributed by atoms with Gasteiger partial charge in [0.05, 0.1) is 12.3 Å². The molecule has 152 valence electrons. The molecular formula is C21H22FN3O3S. The number of anilines is 1. The monoisotopic (exact) mass is 415 g/mol. The first kappa shape index (κ1) is 20.9. The van der Waals surface area contributed by atoms with Gasteiger partial charge in [0.1, 0.15) is 16.8 Å². The lowest BCUT2D eigenvalue weighted by atomic mass is 10.2. The average Bonchev–Trinajstić information content (AvgIpc) is 2.97. The average molecular weight is 415 g/mol. The molecule has 1 saturated heterocycles. The number of amidine groups is 1. The number of rotatable bonds is 7. The molecule has 8 heteroatoms. The molecule has 1 N–H and O–H groups in total. The van der Waals surface area contributed by atoms with Crippen molar-refractivity contribution < 1.29 is 18.7 Å². The van der Waals surface area contributed by atoms with Gasteiger partial charge in [-0.3, -0.25) is 14.5 Å². The maximum Gasteiger partial charge on any atom is 0.242 e. The lowest BCUT2D eigenvalue weighted by molar-refractivity contribution is -0.127. The molecule has 1 heterocycles. The molecule has 0 unspecified atom stereocenters. The fraction of sp³-hybridized carbons (Fsp3) is 0.286. The van der Waals surface area contributed by atoms with Gasteiger partial charge in [-0.25, -0.2) is 9.38 Å². The summed E-state index contributed by atoms with van der Waals surface area (Å²) in [6.45, 7) is 2.67. The summed E-state index contributed by atoms with van der Waals surface area (Å²) in [5.74, 6) is -0.0459. The van der Waals surface area contributed by atoms with E-state index in [1.165, 1.54) is 40.9 Å². The minimum Gasteiger partial charge on any atom is -0.494 e. The van der Waals surface area contributed by atoms with Crippen molar-refractivity contribution in [1.29, 1.82) is 0 Å². The van der Waals surface area contributed by atoms with Gasteiger partial charge in [0, 0.05) is 19.2 Å². The van der Waals surface area contributed by atoms with Crippen LogP contribution in [0.25, 0.3) is 0 Å². The van der Waals surface area contributed by atoms with Crippen molar-refractivity contribution in [2.45, 2.75) is 25.0 Å². The lowest BCUT2D eigenvalue weighted by Gasteiger charge is -2.10. The number of carbonyl (C=O) groups is 2. The van der Waals surface area contributed by atoms with Gasteiger partial charge in [-0.1, -0.05) is 18.7 Å². The van der Waals surface area contributed by atoms with E-state index in [1.54, 1.807) is 31.3 Å². The first-order chi connectivity index (χ1) is 14.0. The molecule has 1 fully saturated rings. The Morgan fingerprint density at radius 2 is 1.90 bits per heavy atom. The van der Waals surface area contributed by atoms with Gasteiger partial charge in [-0.05, 0) is 55.0 Å². The van der Waals surface area contributed by atoms with Gasteiger partial charge in [0.2, 0.25) is 11.8 Å². The van der Waals surface area contributed by atoms with E-state index in [4.69, 9.17) is 4.74 Å². The quantitative estimate of drug-likeness (QED) is 0.736. The van der Waals surface area contributed by atoms with E-state index in [0.717, 1.165) is 12.2 Å². The fourth-order valence-electron chi connectivity index (χ4n) is 2.66. The Bertz CT molecular complexity index is 900. The predicted molar refractivity (Wildman–Crippen MR) is 113 cm³/mol. The summed E-state index contributed by atoms with van der Waals surface area (Å²) < 4.78 is 18.5. The molecule has 2 amide bonds. The molecule has 29 heavy (non-hydrogen) atoms. The van der Waals surface area contributed by atoms with Crippen molar-refractivity contribution in [3.8, 4) is 5.75 Å². The molecule has 1 aliphatic heterocycles. The summed E-state index contributed by atoms with van der Waals surface area (Å²) >= 11 is 1.23. The Balaban J connectivity index is 1.58. The van der Waals surface area contributed by atoms with Crippen LogP contribution in [0.2, 0.25) is 0 Å². The third-order valence-corrected chi connectivity index (χ3v) is 5.40. The Morgan fingerprint density at radius 1 is 1.21 bits per heavy atom. The number of ether oxygens (including phenoxy) is 1. The number of hydrogen-bond donors (Lipinski definition) is 1. The molecule has 0 bridgehead atoms. The third kappa shape index (κ3) is 5.57. The van der Waals surface area contributed by atoms with Gasteiger partial charge < -0.3 is 10.1 Å². The van der Waals surface area contributed by atoms with Gasteiger partial charge in [-0.2, -0.15) is 0 Å². The normalized spacial score (nSPS) is 17.6. The van der Waals surface area contributed by atoms with Crippen LogP contribution in [-0.4, -0.2) is 40.8 Å². The van der Waals surface area contributed by atoms with Gasteiger partial charge in [0.25, 0.3) is 0 Å². The third-order valence-electron chi connectivity index (χ3n) is 4.17. The van der Waals surface area contributed by atoms with E-state index in [-0.39, 0.29) is 24.1 Å². The standard InChI is InChI=1S/C21H22FN3O3S/c1-3-12-28-17-10-8-15(9-11-17)23-19(26)13-18-20(27)25(2)21(29-18)24-16-6-4-14(22)5-7-16/h4-11,18H,3,12-13H2,1-2H3,(H,23,26)/t18-/m0/s1. The van der Waals surface area contributed by atoms with Crippen LogP contribution in [0.4, 0.5) is 15.8 Å². The first-order valence-electron chi connectivity index (χ1n) is 9.27. The molecule has 0 aromatic heterocycles. The Hall–Kier alpha value is -2.87. The van der Waals surface area contributed by atoms with Crippen LogP contribution in [0, 0.1) is 5.82 Å². The second-order valence-electron chi connectivity index (χ2n) is 6.50. The van der Waals surface area contributed by atoms with Crippen LogP contribution in [0.3, 0.4) is 0 Å². The lowest BCUT2D eigenvalue weighted by Crippen LogP contribution is -2.30.